The van der Waals surface area contributed by atoms with Gasteiger partial charge >= 0.3 is 11.9 Å². The van der Waals surface area contributed by atoms with Crippen LogP contribution in [0.3, 0.4) is 0 Å². The van der Waals surface area contributed by atoms with Crippen LogP contribution in [0.2, 0.25) is 5.02 Å². The number of nitrogen functional groups attached to an aromatic ring is 1. The van der Waals surface area contributed by atoms with Gasteiger partial charge in [0.1, 0.15) is 11.0 Å². The lowest BCUT2D eigenvalue weighted by molar-refractivity contribution is -0.648. The second kappa shape index (κ2) is 6.30. The van der Waals surface area contributed by atoms with Crippen LogP contribution in [0.15, 0.2) is 48.5 Å². The Hall–Kier alpha value is -2.53. The van der Waals surface area contributed by atoms with Gasteiger partial charge in [0.15, 0.2) is 6.54 Å². The lowest BCUT2D eigenvalue weighted by Crippen LogP contribution is -2.37. The molecule has 0 aliphatic rings. The number of methoxy groups -OCH3 is 1. The predicted molar refractivity (Wildman–Crippen MR) is 89.1 cm³/mol. The second-order valence-corrected chi connectivity index (χ2v) is 5.66. The van der Waals surface area contributed by atoms with E-state index in [1.54, 1.807) is 4.57 Å². The van der Waals surface area contributed by atoms with Crippen LogP contribution in [0.1, 0.15) is 5.56 Å². The third kappa shape index (κ3) is 3.00. The molecule has 0 bridgehead atoms. The minimum Gasteiger partial charge on any atom is -0.467 e. The number of ether oxygens (including phenoxy) is 1. The van der Waals surface area contributed by atoms with Crippen molar-refractivity contribution in [3.63, 3.8) is 0 Å². The number of carbonyl (C=O) groups is 1. The Morgan fingerprint density at radius 2 is 1.91 bits per heavy atom. The van der Waals surface area contributed by atoms with Crippen LogP contribution in [-0.4, -0.2) is 17.6 Å². The van der Waals surface area contributed by atoms with Crippen LogP contribution >= 0.6 is 11.6 Å². The molecule has 6 heteroatoms. The van der Waals surface area contributed by atoms with Crippen LogP contribution in [0, 0.1) is 0 Å². The van der Waals surface area contributed by atoms with Gasteiger partial charge in [-0.05, 0) is 29.8 Å². The van der Waals surface area contributed by atoms with Crippen molar-refractivity contribution in [3.05, 3.63) is 59.1 Å². The van der Waals surface area contributed by atoms with Crippen molar-refractivity contribution in [1.82, 2.24) is 4.57 Å². The molecule has 1 aromatic heterocycles. The molecule has 0 aliphatic carbocycles. The number of anilines is 1. The van der Waals surface area contributed by atoms with Gasteiger partial charge < -0.3 is 4.74 Å². The number of hydrogen-bond acceptors (Lipinski definition) is 3. The molecule has 0 unspecified atom stereocenters. The van der Waals surface area contributed by atoms with E-state index in [2.05, 4.69) is 0 Å². The predicted octanol–water partition coefficient (Wildman–Crippen LogP) is 2.39. The monoisotopic (exact) mass is 330 g/mol. The number of benzene rings is 2. The Balaban J connectivity index is 2.07. The zero-order chi connectivity index (χ0) is 16.4. The number of halogens is 1. The zero-order valence-electron chi connectivity index (χ0n) is 12.7. The molecule has 0 atom stereocenters. The van der Waals surface area contributed by atoms with Crippen molar-refractivity contribution in [2.75, 3.05) is 12.8 Å². The third-order valence-corrected chi connectivity index (χ3v) is 4.04. The fourth-order valence-corrected chi connectivity index (χ4v) is 2.74. The molecule has 0 saturated carbocycles. The number of fused-ring (bicyclic) bond motifs is 1. The Bertz CT molecular complexity index is 856. The molecule has 0 radical (unpaired) electrons. The van der Waals surface area contributed by atoms with Crippen molar-refractivity contribution in [3.8, 4) is 0 Å². The maximum absolute atomic E-state index is 11.7. The topological polar surface area (TPSA) is 61.1 Å². The van der Waals surface area contributed by atoms with Crippen molar-refractivity contribution in [1.29, 1.82) is 0 Å². The SMILES string of the molecule is COC(=O)Cn1c(N)[n+](Cc2ccc(Cl)cc2)c2ccccc21. The number of rotatable bonds is 4. The summed E-state index contributed by atoms with van der Waals surface area (Å²) < 4.78 is 8.49. The molecule has 2 N–H and O–H groups in total. The van der Waals surface area contributed by atoms with E-state index >= 15 is 0 Å². The van der Waals surface area contributed by atoms with E-state index < -0.39 is 0 Å². The lowest BCUT2D eigenvalue weighted by atomic mass is 10.2. The van der Waals surface area contributed by atoms with Gasteiger partial charge in [-0.1, -0.05) is 35.9 Å². The summed E-state index contributed by atoms with van der Waals surface area (Å²) in [5.74, 6) is 0.169. The molecule has 118 valence electrons. The Morgan fingerprint density at radius 1 is 1.22 bits per heavy atom. The Morgan fingerprint density at radius 3 is 2.61 bits per heavy atom. The average Bonchev–Trinajstić information content (AvgIpc) is 2.82. The maximum atomic E-state index is 11.7. The highest BCUT2D eigenvalue weighted by Crippen LogP contribution is 2.17. The van der Waals surface area contributed by atoms with Gasteiger partial charge in [-0.25, -0.2) is 13.9 Å². The number of carbonyl (C=O) groups excluding carboxylic acids is 1. The highest BCUT2D eigenvalue weighted by Gasteiger charge is 2.22. The minimum atomic E-state index is -0.337. The summed E-state index contributed by atoms with van der Waals surface area (Å²) in [4.78, 5) is 11.7. The number of nitrogens with two attached hydrogens (primary N) is 1. The van der Waals surface area contributed by atoms with E-state index in [9.17, 15) is 4.79 Å². The van der Waals surface area contributed by atoms with Crippen molar-refractivity contribution in [2.45, 2.75) is 13.1 Å². The van der Waals surface area contributed by atoms with Gasteiger partial charge in [-0.15, -0.1) is 0 Å². The zero-order valence-corrected chi connectivity index (χ0v) is 13.5. The number of hydrogen-bond donors (Lipinski definition) is 1. The first-order valence-corrected chi connectivity index (χ1v) is 7.55. The second-order valence-electron chi connectivity index (χ2n) is 5.22. The van der Waals surface area contributed by atoms with E-state index in [0.29, 0.717) is 17.5 Å². The highest BCUT2D eigenvalue weighted by molar-refractivity contribution is 6.30. The quantitative estimate of drug-likeness (QED) is 0.590. The number of para-hydroxylation sites is 2. The highest BCUT2D eigenvalue weighted by atomic mass is 35.5. The van der Waals surface area contributed by atoms with Gasteiger partial charge in [-0.2, -0.15) is 0 Å². The molecule has 3 rings (SSSR count). The Labute approximate surface area is 138 Å². The molecule has 0 fully saturated rings. The van der Waals surface area contributed by atoms with Gasteiger partial charge in [0, 0.05) is 5.02 Å². The molecule has 3 aromatic rings. The van der Waals surface area contributed by atoms with Gasteiger partial charge in [0.25, 0.3) is 0 Å². The minimum absolute atomic E-state index is 0.0798. The van der Waals surface area contributed by atoms with E-state index in [-0.39, 0.29) is 12.5 Å². The molecule has 2 aromatic carbocycles. The van der Waals surface area contributed by atoms with E-state index in [4.69, 9.17) is 22.1 Å². The summed E-state index contributed by atoms with van der Waals surface area (Å²) in [7, 11) is 1.37. The fraction of sp³-hybridized carbons (Fsp3) is 0.176. The maximum Gasteiger partial charge on any atom is 0.356 e. The standard InChI is InChI=1S/C17H16ClN3O2/c1-23-16(22)11-21-15-5-3-2-4-14(15)20(17(21)19)10-12-6-8-13(18)9-7-12/h2-9,19H,10-11H2,1H3/p+1. The fourth-order valence-electron chi connectivity index (χ4n) is 2.61. The smallest absolute Gasteiger partial charge is 0.356 e. The first kappa shape index (κ1) is 15.4. The van der Waals surface area contributed by atoms with Crippen LogP contribution in [0.4, 0.5) is 5.95 Å². The van der Waals surface area contributed by atoms with E-state index in [1.807, 2.05) is 53.1 Å². The summed E-state index contributed by atoms with van der Waals surface area (Å²) in [6.45, 7) is 0.675. The molecule has 0 spiro atoms. The summed E-state index contributed by atoms with van der Waals surface area (Å²) in [6.07, 6.45) is 0. The van der Waals surface area contributed by atoms with Crippen molar-refractivity contribution >= 4 is 34.6 Å². The van der Waals surface area contributed by atoms with Crippen molar-refractivity contribution < 1.29 is 14.1 Å². The van der Waals surface area contributed by atoms with Gasteiger partial charge in [-0.3, -0.25) is 5.73 Å². The number of imidazole rings is 1. The van der Waals surface area contributed by atoms with Crippen LogP contribution in [0.5, 0.6) is 0 Å². The van der Waals surface area contributed by atoms with Crippen LogP contribution in [0.25, 0.3) is 11.0 Å². The molecule has 0 aliphatic heterocycles. The summed E-state index contributed by atoms with van der Waals surface area (Å²) >= 11 is 5.93. The molecular weight excluding hydrogens is 314 g/mol. The van der Waals surface area contributed by atoms with Crippen molar-refractivity contribution in [2.24, 2.45) is 0 Å². The number of esters is 1. The summed E-state index contributed by atoms with van der Waals surface area (Å²) in [5.41, 5.74) is 9.22. The number of nitrogens with zero attached hydrogens (tertiary/aromatic N) is 2. The first-order chi connectivity index (χ1) is 11.1. The molecule has 5 nitrogen and oxygen atoms in total. The van der Waals surface area contributed by atoms with Gasteiger partial charge in [0.2, 0.25) is 0 Å². The molecule has 1 heterocycles. The largest absolute Gasteiger partial charge is 0.467 e. The molecule has 23 heavy (non-hydrogen) atoms. The van der Waals surface area contributed by atoms with Crippen LogP contribution < -0.4 is 10.3 Å². The molecule has 0 amide bonds. The van der Waals surface area contributed by atoms with Gasteiger partial charge in [0.05, 0.1) is 13.7 Å². The summed E-state index contributed by atoms with van der Waals surface area (Å²) in [6, 6.07) is 15.4. The average molecular weight is 331 g/mol. The normalized spacial score (nSPS) is 10.9. The molecule has 0 saturated heterocycles. The lowest BCUT2D eigenvalue weighted by Gasteiger charge is -2.03. The van der Waals surface area contributed by atoms with E-state index in [1.165, 1.54) is 7.11 Å². The first-order valence-electron chi connectivity index (χ1n) is 7.18. The number of aromatic nitrogens is 2. The van der Waals surface area contributed by atoms with Crippen LogP contribution in [-0.2, 0) is 22.6 Å². The summed E-state index contributed by atoms with van der Waals surface area (Å²) in [5, 5.41) is 0.694. The van der Waals surface area contributed by atoms with E-state index in [0.717, 1.165) is 16.6 Å². The third-order valence-electron chi connectivity index (χ3n) is 3.79. The Kier molecular flexibility index (Phi) is 4.21. The molecular formula is C17H17ClN3O2+.